The normalized spacial score (nSPS) is 11.3. The largest absolute Gasteiger partial charge is 0.497 e. The van der Waals surface area contributed by atoms with Gasteiger partial charge in [0.1, 0.15) is 17.1 Å². The molecule has 0 aliphatic rings. The summed E-state index contributed by atoms with van der Waals surface area (Å²) in [6, 6.07) is 12.9. The third-order valence-electron chi connectivity index (χ3n) is 5.60. The van der Waals surface area contributed by atoms with Crippen LogP contribution in [-0.2, 0) is 11.3 Å². The van der Waals surface area contributed by atoms with Crippen molar-refractivity contribution in [2.75, 3.05) is 26.6 Å². The molecule has 2 heterocycles. The summed E-state index contributed by atoms with van der Waals surface area (Å²) in [7, 11) is 4.34. The predicted octanol–water partition coefficient (Wildman–Crippen LogP) is 3.92. The van der Waals surface area contributed by atoms with Crippen LogP contribution in [0, 0.1) is 6.92 Å². The number of aryl methyl sites for hydroxylation is 1. The third kappa shape index (κ3) is 5.44. The van der Waals surface area contributed by atoms with E-state index in [0.29, 0.717) is 50.7 Å². The zero-order valence-electron chi connectivity index (χ0n) is 20.7. The van der Waals surface area contributed by atoms with E-state index in [1.54, 1.807) is 55.5 Å². The van der Waals surface area contributed by atoms with E-state index in [1.165, 1.54) is 27.5 Å². The SMILES string of the molecule is COC(=O)c1ccc(NC(=O)c2cc3c(CO)cnc(C)c3oc2=Nc2cc(OC)cc(OC)c2)cc1. The number of fused-ring (bicyclic) bond motifs is 1. The van der Waals surface area contributed by atoms with Gasteiger partial charge in [0.15, 0.2) is 5.58 Å². The van der Waals surface area contributed by atoms with E-state index in [0.717, 1.165) is 0 Å². The maximum atomic E-state index is 13.4. The molecule has 10 heteroatoms. The molecule has 0 unspecified atom stereocenters. The minimum atomic E-state index is -0.511. The number of nitrogens with one attached hydrogen (secondary N) is 1. The Bertz CT molecular complexity index is 1520. The lowest BCUT2D eigenvalue weighted by Gasteiger charge is -2.10. The van der Waals surface area contributed by atoms with Crippen LogP contribution in [0.25, 0.3) is 11.0 Å². The number of hydrogen-bond donors (Lipinski definition) is 2. The summed E-state index contributed by atoms with van der Waals surface area (Å²) < 4.78 is 21.5. The molecule has 0 spiro atoms. The van der Waals surface area contributed by atoms with Gasteiger partial charge in [0.25, 0.3) is 5.91 Å². The highest BCUT2D eigenvalue weighted by molar-refractivity contribution is 6.06. The second kappa shape index (κ2) is 10.9. The fourth-order valence-electron chi connectivity index (χ4n) is 3.64. The van der Waals surface area contributed by atoms with Crippen LogP contribution in [-0.4, -0.2) is 43.3 Å². The lowest BCUT2D eigenvalue weighted by atomic mass is 10.1. The number of hydrogen-bond acceptors (Lipinski definition) is 9. The Hall–Kier alpha value is -4.70. The number of aromatic nitrogens is 1. The second-order valence-electron chi connectivity index (χ2n) is 7.94. The molecule has 0 radical (unpaired) electrons. The van der Waals surface area contributed by atoms with Crippen molar-refractivity contribution in [3.8, 4) is 11.5 Å². The number of benzene rings is 2. The summed E-state index contributed by atoms with van der Waals surface area (Å²) in [4.78, 5) is 34.0. The van der Waals surface area contributed by atoms with Gasteiger partial charge >= 0.3 is 5.97 Å². The first-order valence-electron chi connectivity index (χ1n) is 11.2. The van der Waals surface area contributed by atoms with Crippen molar-refractivity contribution in [2.24, 2.45) is 4.99 Å². The van der Waals surface area contributed by atoms with Crippen LogP contribution in [0.1, 0.15) is 32.0 Å². The monoisotopic (exact) mass is 503 g/mol. The van der Waals surface area contributed by atoms with Crippen LogP contribution < -0.4 is 20.3 Å². The van der Waals surface area contributed by atoms with E-state index in [9.17, 15) is 14.7 Å². The number of rotatable bonds is 7. The maximum absolute atomic E-state index is 13.4. The number of aliphatic hydroxyl groups excluding tert-OH is 1. The highest BCUT2D eigenvalue weighted by atomic mass is 16.5. The van der Waals surface area contributed by atoms with E-state index in [4.69, 9.17) is 18.6 Å². The summed E-state index contributed by atoms with van der Waals surface area (Å²) >= 11 is 0. The van der Waals surface area contributed by atoms with Gasteiger partial charge in [-0.15, -0.1) is 0 Å². The maximum Gasteiger partial charge on any atom is 0.337 e. The lowest BCUT2D eigenvalue weighted by Crippen LogP contribution is -2.22. The van der Waals surface area contributed by atoms with E-state index >= 15 is 0 Å². The molecule has 190 valence electrons. The summed E-state index contributed by atoms with van der Waals surface area (Å²) in [5.41, 5.74) is 2.81. The van der Waals surface area contributed by atoms with Gasteiger partial charge in [-0.3, -0.25) is 9.78 Å². The Morgan fingerprint density at radius 1 is 1.03 bits per heavy atom. The van der Waals surface area contributed by atoms with Gasteiger partial charge in [0.2, 0.25) is 5.55 Å². The highest BCUT2D eigenvalue weighted by Gasteiger charge is 2.17. The summed E-state index contributed by atoms with van der Waals surface area (Å²) in [5.74, 6) is 0.0250. The topological polar surface area (TPSA) is 132 Å². The van der Waals surface area contributed by atoms with Gasteiger partial charge < -0.3 is 29.1 Å². The molecule has 0 fully saturated rings. The number of methoxy groups -OCH3 is 3. The van der Waals surface area contributed by atoms with Crippen molar-refractivity contribution in [2.45, 2.75) is 13.5 Å². The molecule has 0 saturated heterocycles. The van der Waals surface area contributed by atoms with Gasteiger partial charge in [-0.1, -0.05) is 0 Å². The Morgan fingerprint density at radius 3 is 2.30 bits per heavy atom. The molecule has 0 aliphatic carbocycles. The fraction of sp³-hybridized carbons (Fsp3) is 0.185. The molecule has 0 aliphatic heterocycles. The third-order valence-corrected chi connectivity index (χ3v) is 5.60. The first-order valence-corrected chi connectivity index (χ1v) is 11.2. The van der Waals surface area contributed by atoms with Gasteiger partial charge in [-0.25, -0.2) is 9.79 Å². The van der Waals surface area contributed by atoms with E-state index < -0.39 is 11.9 Å². The van der Waals surface area contributed by atoms with Crippen molar-refractivity contribution >= 4 is 34.2 Å². The molecule has 2 aromatic carbocycles. The number of anilines is 1. The number of amides is 1. The molecule has 0 atom stereocenters. The van der Waals surface area contributed by atoms with Gasteiger partial charge in [0, 0.05) is 41.0 Å². The van der Waals surface area contributed by atoms with Crippen LogP contribution in [0.5, 0.6) is 11.5 Å². The van der Waals surface area contributed by atoms with Gasteiger partial charge in [-0.2, -0.15) is 0 Å². The first-order chi connectivity index (χ1) is 17.9. The quantitative estimate of drug-likeness (QED) is 0.363. The van der Waals surface area contributed by atoms with Crippen LogP contribution in [0.4, 0.5) is 11.4 Å². The second-order valence-corrected chi connectivity index (χ2v) is 7.94. The number of carbonyl (C=O) groups is 2. The van der Waals surface area contributed by atoms with Crippen molar-refractivity contribution in [3.05, 3.63) is 82.7 Å². The summed E-state index contributed by atoms with van der Waals surface area (Å²) in [6.07, 6.45) is 1.53. The molecule has 2 N–H and O–H groups in total. The molecular weight excluding hydrogens is 478 g/mol. The van der Waals surface area contributed by atoms with Crippen LogP contribution in [0.15, 0.2) is 64.1 Å². The molecule has 0 saturated carbocycles. The molecule has 2 aromatic heterocycles. The van der Waals surface area contributed by atoms with Crippen molar-refractivity contribution in [3.63, 3.8) is 0 Å². The smallest absolute Gasteiger partial charge is 0.337 e. The average molecular weight is 504 g/mol. The Labute approximate surface area is 212 Å². The van der Waals surface area contributed by atoms with Crippen LogP contribution >= 0.6 is 0 Å². The van der Waals surface area contributed by atoms with E-state index in [2.05, 4.69) is 15.3 Å². The first kappa shape index (κ1) is 25.4. The van der Waals surface area contributed by atoms with Crippen molar-refractivity contribution in [1.29, 1.82) is 0 Å². The average Bonchev–Trinajstić information content (AvgIpc) is 2.92. The fourth-order valence-corrected chi connectivity index (χ4v) is 3.64. The lowest BCUT2D eigenvalue weighted by molar-refractivity contribution is 0.0600. The number of esters is 1. The number of ether oxygens (including phenoxy) is 3. The van der Waals surface area contributed by atoms with Crippen LogP contribution in [0.2, 0.25) is 0 Å². The minimum absolute atomic E-state index is 0.0199. The number of carbonyl (C=O) groups excluding carboxylic acids is 2. The predicted molar refractivity (Wildman–Crippen MR) is 135 cm³/mol. The Balaban J connectivity index is 1.87. The van der Waals surface area contributed by atoms with Gasteiger partial charge in [0.05, 0.1) is 44.9 Å². The summed E-state index contributed by atoms with van der Waals surface area (Å²) in [5, 5.41) is 13.2. The molecular formula is C27H25N3O7. The molecule has 4 aromatic rings. The van der Waals surface area contributed by atoms with Gasteiger partial charge in [-0.05, 0) is 37.3 Å². The molecule has 10 nitrogen and oxygen atoms in total. The molecule has 37 heavy (non-hydrogen) atoms. The number of aliphatic hydroxyl groups is 1. The van der Waals surface area contributed by atoms with E-state index in [1.807, 2.05) is 0 Å². The minimum Gasteiger partial charge on any atom is -0.497 e. The van der Waals surface area contributed by atoms with Crippen molar-refractivity contribution in [1.82, 2.24) is 4.98 Å². The number of nitrogens with zero attached hydrogens (tertiary/aromatic N) is 2. The molecule has 0 bridgehead atoms. The van der Waals surface area contributed by atoms with Crippen molar-refractivity contribution < 1.29 is 33.3 Å². The Kier molecular flexibility index (Phi) is 7.49. The molecule has 1 amide bonds. The Morgan fingerprint density at radius 2 is 1.70 bits per heavy atom. The van der Waals surface area contributed by atoms with Crippen LogP contribution in [0.3, 0.4) is 0 Å². The van der Waals surface area contributed by atoms with E-state index in [-0.39, 0.29) is 17.7 Å². The standard InChI is InChI=1S/C27H25N3O7/c1-15-24-22(17(14-31)13-28-15)12-23(25(32)29-18-7-5-16(6-8-18)27(33)36-4)26(37-24)30-19-9-20(34-2)11-21(10-19)35-3/h5-13,31H,14H2,1-4H3,(H,29,32). The zero-order chi connectivity index (χ0) is 26.5. The molecule has 4 rings (SSSR count). The zero-order valence-corrected chi connectivity index (χ0v) is 20.7. The number of pyridine rings is 1. The highest BCUT2D eigenvalue weighted by Crippen LogP contribution is 2.28. The summed E-state index contributed by atoms with van der Waals surface area (Å²) in [6.45, 7) is 1.47.